The van der Waals surface area contributed by atoms with E-state index in [-0.39, 0.29) is 107 Å². The molecule has 42 heteroatoms. The van der Waals surface area contributed by atoms with Crippen LogP contribution in [0.1, 0.15) is 31.1 Å². The number of nitrogens with zero attached hydrogens (tertiary/aromatic N) is 10. The first kappa shape index (κ1) is 63.6. The molecular formula is C48H36N16O22S4. The highest BCUT2D eigenvalue weighted by Crippen LogP contribution is 2.49. The van der Waals surface area contributed by atoms with Crippen LogP contribution in [-0.4, -0.2) is 122 Å². The number of aliphatic hydroxyl groups is 1. The largest absolute Gasteiger partial charge is 0.505 e. The molecule has 38 nitrogen and oxygen atoms in total. The smallest absolute Gasteiger partial charge is 0.335 e. The van der Waals surface area contributed by atoms with E-state index in [9.17, 15) is 71.0 Å². The summed E-state index contributed by atoms with van der Waals surface area (Å²) in [5, 5.41) is 113. The van der Waals surface area contributed by atoms with Crippen molar-refractivity contribution in [3.63, 3.8) is 0 Å². The summed E-state index contributed by atoms with van der Waals surface area (Å²) in [6, 6.07) is 18.1. The lowest BCUT2D eigenvalue weighted by atomic mass is 10.1. The summed E-state index contributed by atoms with van der Waals surface area (Å²) in [6.07, 6.45) is 0. The zero-order valence-electron chi connectivity index (χ0n) is 44.1. The van der Waals surface area contributed by atoms with Gasteiger partial charge in [0.15, 0.2) is 18.3 Å². The zero-order chi connectivity index (χ0) is 64.8. The highest BCUT2D eigenvalue weighted by molar-refractivity contribution is 7.95. The normalized spacial score (nSPS) is 11.8. The monoisotopic (exact) mass is 1320 g/mol. The van der Waals surface area contributed by atoms with Gasteiger partial charge in [-0.3, -0.25) is 9.11 Å². The van der Waals surface area contributed by atoms with Crippen molar-refractivity contribution < 1.29 is 105 Å². The lowest BCUT2D eigenvalue weighted by Gasteiger charge is -2.15. The fourth-order valence-corrected chi connectivity index (χ4v) is 10.1. The third-order valence-corrected chi connectivity index (χ3v) is 14.6. The average molecular weight is 1320 g/mol. The number of nitrogens with one attached hydrogen (secondary N) is 4. The summed E-state index contributed by atoms with van der Waals surface area (Å²) in [5.74, 6) is -8.15. The van der Waals surface area contributed by atoms with Gasteiger partial charge in [0.1, 0.15) is 17.1 Å². The maximum atomic E-state index is 12.6. The maximum Gasteiger partial charge on any atom is 0.335 e. The molecule has 2 aromatic heterocycles. The van der Waals surface area contributed by atoms with E-state index in [2.05, 4.69) is 90.4 Å². The summed E-state index contributed by atoms with van der Waals surface area (Å²) >= 11 is 0.473. The number of aromatic nitrogens is 6. The Hall–Kier alpha value is -10.9. The molecule has 0 fully saturated rings. The van der Waals surface area contributed by atoms with Gasteiger partial charge in [-0.25, -0.2) is 24.9 Å². The predicted octanol–water partition coefficient (Wildman–Crippen LogP) is 8.52. The van der Waals surface area contributed by atoms with Gasteiger partial charge in [-0.15, -0.1) is 18.9 Å². The lowest BCUT2D eigenvalue weighted by molar-refractivity contribution is -0.432. The Balaban J connectivity index is 0.996. The molecule has 9 aromatic rings. The van der Waals surface area contributed by atoms with Crippen LogP contribution < -0.4 is 37.5 Å². The molecule has 2 heterocycles. The first-order valence-corrected chi connectivity index (χ1v) is 28.3. The van der Waals surface area contributed by atoms with Gasteiger partial charge in [-0.1, -0.05) is 10.1 Å². The zero-order valence-corrected chi connectivity index (χ0v) is 47.3. The van der Waals surface area contributed by atoms with Crippen LogP contribution in [0, 0.1) is 0 Å². The Morgan fingerprint density at radius 1 is 0.511 bits per heavy atom. The molecule has 0 aliphatic heterocycles. The maximum absolute atomic E-state index is 12.6. The number of rotatable bonds is 25. The van der Waals surface area contributed by atoms with Crippen LogP contribution in [0.15, 0.2) is 137 Å². The van der Waals surface area contributed by atoms with E-state index in [1.165, 1.54) is 36.4 Å². The Bertz CT molecular complexity index is 4640. The van der Waals surface area contributed by atoms with Gasteiger partial charge in [0.2, 0.25) is 35.7 Å². The summed E-state index contributed by atoms with van der Waals surface area (Å²) in [5.41, 5.74) is 9.38. The second kappa shape index (κ2) is 26.6. The van der Waals surface area contributed by atoms with E-state index in [0.29, 0.717) is 11.4 Å². The molecule has 0 saturated heterocycles. The van der Waals surface area contributed by atoms with Crippen LogP contribution in [0.2, 0.25) is 0 Å². The van der Waals surface area contributed by atoms with Crippen molar-refractivity contribution in [2.45, 2.75) is 19.6 Å². The van der Waals surface area contributed by atoms with Crippen LogP contribution in [0.5, 0.6) is 17.2 Å². The van der Waals surface area contributed by atoms with Crippen LogP contribution in [0.4, 0.5) is 81.2 Å². The van der Waals surface area contributed by atoms with Gasteiger partial charge >= 0.3 is 17.9 Å². The SMILES string of the molecule is Nc1nc(Nc2ccc(Nc3nc(N)nc(Nc4cc(S(=O)(=O)O)cc5cc(SOOO)c(N=Nc6cc(C(=O)O)cc(C(=O)O)c6)c(O)c45)n3)cc2)nc(Nc2cc(S(=O)(=O)O)cc3cc(SOOO)c(N=Nc4cc(OCO)cc(C(=O)O)c4)c(O)c23)n1. The average Bonchev–Trinajstić information content (AvgIpc) is 0.880. The number of phenols is 2. The van der Waals surface area contributed by atoms with Gasteiger partial charge in [0.25, 0.3) is 20.2 Å². The molecule has 0 saturated carbocycles. The fraction of sp³-hybridized carbons (Fsp3) is 0.0208. The Morgan fingerprint density at radius 3 is 1.26 bits per heavy atom. The highest BCUT2D eigenvalue weighted by atomic mass is 32.2. The summed E-state index contributed by atoms with van der Waals surface area (Å²) in [7, 11) is -10.0. The van der Waals surface area contributed by atoms with Crippen molar-refractivity contribution >= 4 is 165 Å². The van der Waals surface area contributed by atoms with Crippen molar-refractivity contribution in [2.75, 3.05) is 39.5 Å². The van der Waals surface area contributed by atoms with Crippen molar-refractivity contribution in [3.05, 3.63) is 114 Å². The molecule has 0 aliphatic carbocycles. The number of azo groups is 2. The number of hydrogen-bond acceptors (Lipinski definition) is 35. The molecule has 0 amide bonds. The predicted molar refractivity (Wildman–Crippen MR) is 310 cm³/mol. The Kier molecular flexibility index (Phi) is 18.8. The van der Waals surface area contributed by atoms with E-state index >= 15 is 0 Å². The van der Waals surface area contributed by atoms with Gasteiger partial charge in [-0.2, -0.15) is 57.0 Å². The van der Waals surface area contributed by atoms with Crippen LogP contribution >= 0.6 is 24.1 Å². The van der Waals surface area contributed by atoms with E-state index in [0.717, 1.165) is 60.7 Å². The van der Waals surface area contributed by atoms with Gasteiger partial charge in [0.05, 0.1) is 83.1 Å². The molecule has 0 unspecified atom stereocenters. The number of anilines is 10. The van der Waals surface area contributed by atoms with E-state index in [4.69, 9.17) is 26.7 Å². The third-order valence-electron chi connectivity index (χ3n) is 11.7. The molecule has 0 aliphatic rings. The fourth-order valence-electron chi connectivity index (χ4n) is 8.04. The van der Waals surface area contributed by atoms with Crippen molar-refractivity contribution in [2.24, 2.45) is 20.5 Å². The summed E-state index contributed by atoms with van der Waals surface area (Å²) in [4.78, 5) is 58.3. The number of aromatic carboxylic acids is 3. The first-order chi connectivity index (χ1) is 42.8. The molecule has 18 N–H and O–H groups in total. The number of hydrogen-bond donors (Lipinski definition) is 16. The van der Waals surface area contributed by atoms with Crippen molar-refractivity contribution in [1.29, 1.82) is 0 Å². The molecule has 464 valence electrons. The number of fused-ring (bicyclic) bond motifs is 2. The van der Waals surface area contributed by atoms with E-state index in [1.54, 1.807) is 0 Å². The molecule has 90 heavy (non-hydrogen) atoms. The van der Waals surface area contributed by atoms with Crippen molar-refractivity contribution in [1.82, 2.24) is 29.9 Å². The Morgan fingerprint density at radius 2 is 0.889 bits per heavy atom. The number of carboxylic acids is 3. The molecule has 0 radical (unpaired) electrons. The minimum Gasteiger partial charge on any atom is -0.505 e. The number of ether oxygens (including phenoxy) is 1. The summed E-state index contributed by atoms with van der Waals surface area (Å²) in [6.45, 7) is -0.832. The number of nitrogen functional groups attached to an aromatic ring is 2. The summed E-state index contributed by atoms with van der Waals surface area (Å²) < 4.78 is 84.6. The van der Waals surface area contributed by atoms with Gasteiger partial charge in [-0.05, 0) is 102 Å². The third kappa shape index (κ3) is 15.1. The first-order valence-electron chi connectivity index (χ1n) is 24.0. The molecule has 0 atom stereocenters. The van der Waals surface area contributed by atoms with Gasteiger partial charge in [0, 0.05) is 28.2 Å². The number of carbonyl (C=O) groups is 3. The quantitative estimate of drug-likeness (QED) is 0.00636. The topological polar surface area (TPSA) is 595 Å². The molecular weight excluding hydrogens is 1280 g/mol. The van der Waals surface area contributed by atoms with Crippen LogP contribution in [0.25, 0.3) is 21.5 Å². The second-order valence-electron chi connectivity index (χ2n) is 17.5. The van der Waals surface area contributed by atoms with E-state index < -0.39 is 107 Å². The molecule has 7 aromatic carbocycles. The number of benzene rings is 7. The number of aliphatic hydroxyl groups excluding tert-OH is 1. The molecule has 0 spiro atoms. The lowest BCUT2D eigenvalue weighted by Crippen LogP contribution is -2.08. The number of nitrogens with two attached hydrogens (primary N) is 2. The van der Waals surface area contributed by atoms with E-state index in [1.807, 2.05) is 0 Å². The standard InChI is InChI=1S/C48H36N16O22S4/c49-43-55-45(59-47(57-43)53-30-15-28(89(76,77)78)10-18-12-32(87-85-83-74)36(38(66)34(18)30)63-61-25-6-20(40(68)69)5-21(7-25)41(70)71)51-23-1-3-24(4-2-23)52-46-56-44(50)58-48(60-46)54-31-16-29(90(79,80)81)11-19-13-33(88-86-84-75)37(39(67)35(19)31)64-62-26-8-22(42(72)73)9-27(14-26)82-17-65/h1-16,65-67,74-75H,17H2,(H,68,69)(H,70,71)(H,72,73)(H,76,77,78)(H,79,80,81)(H4,49,51,53,55,57,59)(H4,50,52,54,56,58,60). The minimum absolute atomic E-state index is 0.124. The molecule has 9 rings (SSSR count). The molecule has 0 bridgehead atoms. The number of phenolic OH excluding ortho intramolecular Hbond substituents is 2. The minimum atomic E-state index is -5.01. The van der Waals surface area contributed by atoms with Gasteiger partial charge < -0.3 is 68.1 Å². The number of aromatic hydroxyl groups is 2. The number of carboxylic acid groups (broad SMARTS) is 3. The second-order valence-corrected chi connectivity index (χ2v) is 21.8. The highest BCUT2D eigenvalue weighted by Gasteiger charge is 2.25. The van der Waals surface area contributed by atoms with Crippen molar-refractivity contribution in [3.8, 4) is 17.2 Å². The van der Waals surface area contributed by atoms with Crippen LogP contribution in [0.3, 0.4) is 0 Å². The van der Waals surface area contributed by atoms with Crippen LogP contribution in [-0.2, 0) is 39.0 Å². The Labute approximate surface area is 508 Å².